The molecule has 0 radical (unpaired) electrons. The fourth-order valence-electron chi connectivity index (χ4n) is 2.38. The van der Waals surface area contributed by atoms with Gasteiger partial charge in [0, 0.05) is 30.6 Å². The molecule has 2 rings (SSSR count). The Morgan fingerprint density at radius 2 is 1.90 bits per heavy atom. The number of aromatic nitrogens is 2. The Labute approximate surface area is 126 Å². The molecule has 20 heavy (non-hydrogen) atoms. The fraction of sp³-hybridized carbons (Fsp3) is 0.733. The van der Waals surface area contributed by atoms with Gasteiger partial charge >= 0.3 is 0 Å². The predicted octanol–water partition coefficient (Wildman–Crippen LogP) is 3.51. The van der Waals surface area contributed by atoms with E-state index in [0.717, 1.165) is 25.2 Å². The van der Waals surface area contributed by atoms with Crippen LogP contribution in [0, 0.1) is 0 Å². The predicted molar refractivity (Wildman–Crippen MR) is 81.5 cm³/mol. The summed E-state index contributed by atoms with van der Waals surface area (Å²) in [7, 11) is 0. The van der Waals surface area contributed by atoms with Crippen LogP contribution in [0.25, 0.3) is 0 Å². The van der Waals surface area contributed by atoms with E-state index in [4.69, 9.17) is 16.3 Å². The number of hydrogen-bond donors (Lipinski definition) is 0. The summed E-state index contributed by atoms with van der Waals surface area (Å²) >= 11 is 6.02. The molecule has 1 saturated carbocycles. The van der Waals surface area contributed by atoms with Gasteiger partial charge in [-0.25, -0.2) is 4.98 Å². The molecule has 0 unspecified atom stereocenters. The molecule has 0 atom stereocenters. The lowest BCUT2D eigenvalue weighted by Gasteiger charge is -2.30. The lowest BCUT2D eigenvalue weighted by atomic mass is 10.2. The minimum Gasteiger partial charge on any atom is -0.476 e. The normalized spacial score (nSPS) is 15.4. The second-order valence-electron chi connectivity index (χ2n) is 5.94. The zero-order valence-corrected chi connectivity index (χ0v) is 13.5. The first-order valence-electron chi connectivity index (χ1n) is 7.40. The Morgan fingerprint density at radius 1 is 1.25 bits per heavy atom. The Bertz CT molecular complexity index is 439. The zero-order valence-electron chi connectivity index (χ0n) is 12.8. The average molecular weight is 298 g/mol. The van der Waals surface area contributed by atoms with Gasteiger partial charge in [-0.15, -0.1) is 0 Å². The highest BCUT2D eigenvalue weighted by atomic mass is 35.5. The third kappa shape index (κ3) is 4.32. The summed E-state index contributed by atoms with van der Waals surface area (Å²) in [6, 6.07) is 2.71. The molecule has 1 aromatic rings. The molecule has 1 aliphatic carbocycles. The summed E-state index contributed by atoms with van der Waals surface area (Å²) in [5, 5.41) is 0.474. The summed E-state index contributed by atoms with van der Waals surface area (Å²) in [6.45, 7) is 10.3. The molecule has 0 saturated heterocycles. The van der Waals surface area contributed by atoms with Crippen LogP contribution in [0.1, 0.15) is 52.3 Å². The van der Waals surface area contributed by atoms with Crippen molar-refractivity contribution in [3.8, 4) is 5.88 Å². The molecule has 0 N–H and O–H groups in total. The van der Waals surface area contributed by atoms with Crippen molar-refractivity contribution < 1.29 is 4.74 Å². The number of hydrogen-bond acceptors (Lipinski definition) is 4. The molecule has 1 aliphatic rings. The van der Waals surface area contributed by atoms with E-state index in [9.17, 15) is 0 Å². The molecule has 0 bridgehead atoms. The highest BCUT2D eigenvalue weighted by Gasteiger charge is 2.27. The Balaban J connectivity index is 1.90. The van der Waals surface area contributed by atoms with Gasteiger partial charge in [-0.1, -0.05) is 11.6 Å². The second kappa shape index (κ2) is 6.72. The molecule has 0 amide bonds. The van der Waals surface area contributed by atoms with E-state index in [2.05, 4.69) is 42.6 Å². The van der Waals surface area contributed by atoms with E-state index in [1.807, 2.05) is 0 Å². The molecule has 0 aliphatic heterocycles. The van der Waals surface area contributed by atoms with Crippen molar-refractivity contribution in [1.29, 1.82) is 0 Å². The highest BCUT2D eigenvalue weighted by Crippen LogP contribution is 2.38. The highest BCUT2D eigenvalue weighted by molar-refractivity contribution is 6.29. The van der Waals surface area contributed by atoms with Crippen molar-refractivity contribution in [1.82, 2.24) is 14.9 Å². The van der Waals surface area contributed by atoms with Crippen molar-refractivity contribution in [3.05, 3.63) is 17.0 Å². The van der Waals surface area contributed by atoms with Gasteiger partial charge in [0.05, 0.1) is 0 Å². The van der Waals surface area contributed by atoms with Crippen LogP contribution in [0.15, 0.2) is 6.07 Å². The van der Waals surface area contributed by atoms with Crippen molar-refractivity contribution in [2.75, 3.05) is 13.2 Å². The lowest BCUT2D eigenvalue weighted by molar-refractivity contribution is 0.140. The van der Waals surface area contributed by atoms with Crippen LogP contribution in [-0.4, -0.2) is 40.1 Å². The topological polar surface area (TPSA) is 38.2 Å². The Morgan fingerprint density at radius 3 is 2.45 bits per heavy atom. The zero-order chi connectivity index (χ0) is 14.7. The lowest BCUT2D eigenvalue weighted by Crippen LogP contribution is -2.39. The summed E-state index contributed by atoms with van der Waals surface area (Å²) in [4.78, 5) is 11.1. The van der Waals surface area contributed by atoms with Crippen molar-refractivity contribution in [2.45, 2.75) is 58.5 Å². The van der Waals surface area contributed by atoms with Gasteiger partial charge in [-0.3, -0.25) is 4.90 Å². The van der Waals surface area contributed by atoms with Gasteiger partial charge in [0.2, 0.25) is 5.88 Å². The second-order valence-corrected chi connectivity index (χ2v) is 6.32. The minimum absolute atomic E-state index is 0.474. The SMILES string of the molecule is CC(C)N(CCOc1cc(Cl)nc(C2CC2)n1)C(C)C. The van der Waals surface area contributed by atoms with Crippen LogP contribution in [0.5, 0.6) is 5.88 Å². The standard InChI is InChI=1S/C15H24ClN3O/c1-10(2)19(11(3)4)7-8-20-14-9-13(16)17-15(18-14)12-5-6-12/h9-12H,5-8H2,1-4H3. The van der Waals surface area contributed by atoms with Crippen LogP contribution in [-0.2, 0) is 0 Å². The quantitative estimate of drug-likeness (QED) is 0.722. The van der Waals surface area contributed by atoms with Crippen molar-refractivity contribution in [2.24, 2.45) is 0 Å². The van der Waals surface area contributed by atoms with Gasteiger partial charge in [0.25, 0.3) is 0 Å². The van der Waals surface area contributed by atoms with Gasteiger partial charge in [-0.05, 0) is 40.5 Å². The third-order valence-electron chi connectivity index (χ3n) is 3.56. The molecule has 1 fully saturated rings. The fourth-order valence-corrected chi connectivity index (χ4v) is 2.56. The van der Waals surface area contributed by atoms with E-state index in [0.29, 0.717) is 35.6 Å². The van der Waals surface area contributed by atoms with Crippen molar-refractivity contribution in [3.63, 3.8) is 0 Å². The van der Waals surface area contributed by atoms with E-state index in [-0.39, 0.29) is 0 Å². The molecule has 5 heteroatoms. The minimum atomic E-state index is 0.474. The summed E-state index contributed by atoms with van der Waals surface area (Å²) in [5.41, 5.74) is 0. The number of rotatable bonds is 7. The number of ether oxygens (including phenoxy) is 1. The molecule has 0 spiro atoms. The molecule has 1 heterocycles. The monoisotopic (exact) mass is 297 g/mol. The molecule has 4 nitrogen and oxygen atoms in total. The first kappa shape index (κ1) is 15.5. The van der Waals surface area contributed by atoms with Crippen LogP contribution >= 0.6 is 11.6 Å². The third-order valence-corrected chi connectivity index (χ3v) is 3.75. The summed E-state index contributed by atoms with van der Waals surface area (Å²) < 4.78 is 5.76. The average Bonchev–Trinajstić information content (AvgIpc) is 3.17. The molecular formula is C15H24ClN3O. The molecule has 112 valence electrons. The first-order chi connectivity index (χ1) is 9.47. The van der Waals surface area contributed by atoms with Crippen LogP contribution < -0.4 is 4.74 Å². The molecular weight excluding hydrogens is 274 g/mol. The van der Waals surface area contributed by atoms with E-state index in [1.165, 1.54) is 0 Å². The number of halogens is 1. The van der Waals surface area contributed by atoms with E-state index >= 15 is 0 Å². The van der Waals surface area contributed by atoms with Gasteiger partial charge in [0.1, 0.15) is 17.6 Å². The van der Waals surface area contributed by atoms with Crippen LogP contribution in [0.4, 0.5) is 0 Å². The smallest absolute Gasteiger partial charge is 0.218 e. The maximum atomic E-state index is 6.02. The van der Waals surface area contributed by atoms with E-state index < -0.39 is 0 Å². The van der Waals surface area contributed by atoms with Gasteiger partial charge in [0.15, 0.2) is 0 Å². The molecule has 1 aromatic heterocycles. The summed E-state index contributed by atoms with van der Waals surface area (Å²) in [6.07, 6.45) is 2.32. The van der Waals surface area contributed by atoms with Gasteiger partial charge < -0.3 is 4.74 Å². The first-order valence-corrected chi connectivity index (χ1v) is 7.78. The Kier molecular flexibility index (Phi) is 5.22. The van der Waals surface area contributed by atoms with Gasteiger partial charge in [-0.2, -0.15) is 4.98 Å². The maximum absolute atomic E-state index is 6.02. The van der Waals surface area contributed by atoms with Crippen LogP contribution in [0.3, 0.4) is 0 Å². The maximum Gasteiger partial charge on any atom is 0.218 e. The number of nitrogens with zero attached hydrogens (tertiary/aromatic N) is 3. The summed E-state index contributed by atoms with van der Waals surface area (Å²) in [5.74, 6) is 1.91. The van der Waals surface area contributed by atoms with Crippen LogP contribution in [0.2, 0.25) is 5.15 Å². The Hall–Kier alpha value is -0.870. The molecule has 0 aromatic carbocycles. The van der Waals surface area contributed by atoms with Crippen molar-refractivity contribution >= 4 is 11.6 Å². The largest absolute Gasteiger partial charge is 0.476 e. The van der Waals surface area contributed by atoms with E-state index in [1.54, 1.807) is 6.07 Å².